The highest BCUT2D eigenvalue weighted by Crippen LogP contribution is 2.06. The van der Waals surface area contributed by atoms with Gasteiger partial charge in [0.1, 0.15) is 5.82 Å². The summed E-state index contributed by atoms with van der Waals surface area (Å²) in [4.78, 5) is 23.3. The van der Waals surface area contributed by atoms with Gasteiger partial charge in [-0.05, 0) is 47.9 Å². The molecule has 0 aliphatic rings. The van der Waals surface area contributed by atoms with Gasteiger partial charge in [-0.15, -0.1) is 0 Å². The predicted molar refractivity (Wildman–Crippen MR) is 92.0 cm³/mol. The third-order valence-corrected chi connectivity index (χ3v) is 3.43. The molecular weight excluding hydrogens is 307 g/mol. The number of benzene rings is 2. The van der Waals surface area contributed by atoms with Crippen LogP contribution in [0.4, 0.5) is 4.39 Å². The molecule has 0 aliphatic carbocycles. The van der Waals surface area contributed by atoms with E-state index in [4.69, 9.17) is 0 Å². The molecule has 2 aromatic rings. The van der Waals surface area contributed by atoms with E-state index in [1.54, 1.807) is 37.4 Å². The van der Waals surface area contributed by atoms with E-state index < -0.39 is 0 Å². The molecule has 0 fully saturated rings. The summed E-state index contributed by atoms with van der Waals surface area (Å²) < 4.78 is 12.8. The molecule has 0 unspecified atom stereocenters. The Bertz CT molecular complexity index is 739. The quantitative estimate of drug-likeness (QED) is 0.802. The third kappa shape index (κ3) is 5.35. The Morgan fingerprint density at radius 2 is 1.88 bits per heavy atom. The molecule has 0 aromatic heterocycles. The van der Waals surface area contributed by atoms with Crippen LogP contribution in [0.5, 0.6) is 0 Å². The van der Waals surface area contributed by atoms with Crippen LogP contribution in [0.1, 0.15) is 21.5 Å². The summed E-state index contributed by atoms with van der Waals surface area (Å²) in [5.41, 5.74) is 2.32. The number of nitrogens with one attached hydrogen (secondary N) is 2. The van der Waals surface area contributed by atoms with Crippen molar-refractivity contribution in [2.75, 3.05) is 13.6 Å². The molecule has 0 spiro atoms. The Balaban J connectivity index is 1.82. The Kier molecular flexibility index (Phi) is 6.25. The maximum absolute atomic E-state index is 12.8. The SMILES string of the molecule is CNC(=O)c1cccc(CCNC(=O)/C=C\c2ccc(F)cc2)c1. The van der Waals surface area contributed by atoms with Gasteiger partial charge in [0.2, 0.25) is 5.91 Å². The summed E-state index contributed by atoms with van der Waals surface area (Å²) in [6.45, 7) is 0.462. The van der Waals surface area contributed by atoms with Crippen LogP contribution in [0.2, 0.25) is 0 Å². The van der Waals surface area contributed by atoms with Crippen molar-refractivity contribution in [2.45, 2.75) is 6.42 Å². The van der Waals surface area contributed by atoms with Crippen molar-refractivity contribution < 1.29 is 14.0 Å². The summed E-state index contributed by atoms with van der Waals surface area (Å²) in [6, 6.07) is 13.2. The van der Waals surface area contributed by atoms with Gasteiger partial charge in [-0.3, -0.25) is 9.59 Å². The molecule has 2 rings (SSSR count). The zero-order valence-electron chi connectivity index (χ0n) is 13.4. The summed E-state index contributed by atoms with van der Waals surface area (Å²) in [6.07, 6.45) is 3.66. The molecule has 0 saturated carbocycles. The number of hydrogen-bond acceptors (Lipinski definition) is 2. The summed E-state index contributed by atoms with van der Waals surface area (Å²) in [5.74, 6) is -0.666. The number of halogens is 1. The van der Waals surface area contributed by atoms with E-state index in [1.165, 1.54) is 18.2 Å². The highest BCUT2D eigenvalue weighted by atomic mass is 19.1. The molecule has 0 bridgehead atoms. The first kappa shape index (κ1) is 17.4. The molecule has 0 radical (unpaired) electrons. The zero-order chi connectivity index (χ0) is 17.4. The number of amides is 2. The fourth-order valence-electron chi connectivity index (χ4n) is 2.15. The lowest BCUT2D eigenvalue weighted by molar-refractivity contribution is -0.116. The van der Waals surface area contributed by atoms with Crippen LogP contribution in [-0.2, 0) is 11.2 Å². The lowest BCUT2D eigenvalue weighted by atomic mass is 10.1. The fourth-order valence-corrected chi connectivity index (χ4v) is 2.15. The summed E-state index contributed by atoms with van der Waals surface area (Å²) in [5, 5.41) is 5.35. The van der Waals surface area contributed by atoms with Crippen molar-refractivity contribution in [3.8, 4) is 0 Å². The standard InChI is InChI=1S/C19H19FN2O2/c1-21-19(24)16-4-2-3-15(13-16)11-12-22-18(23)10-7-14-5-8-17(20)9-6-14/h2-10,13H,11-12H2,1H3,(H,21,24)(H,22,23)/b10-7-. The van der Waals surface area contributed by atoms with Crippen molar-refractivity contribution >= 4 is 17.9 Å². The lowest BCUT2D eigenvalue weighted by Gasteiger charge is -2.05. The molecular formula is C19H19FN2O2. The molecule has 0 saturated heterocycles. The molecule has 4 nitrogen and oxygen atoms in total. The van der Waals surface area contributed by atoms with Crippen LogP contribution in [0.25, 0.3) is 6.08 Å². The van der Waals surface area contributed by atoms with E-state index in [1.807, 2.05) is 12.1 Å². The number of carbonyl (C=O) groups is 2. The predicted octanol–water partition coefficient (Wildman–Crippen LogP) is 2.56. The molecule has 124 valence electrons. The van der Waals surface area contributed by atoms with Crippen LogP contribution in [0.3, 0.4) is 0 Å². The van der Waals surface area contributed by atoms with Crippen molar-refractivity contribution in [1.29, 1.82) is 0 Å². The average molecular weight is 326 g/mol. The van der Waals surface area contributed by atoms with Gasteiger partial charge in [-0.2, -0.15) is 0 Å². The Hall–Kier alpha value is -2.95. The molecule has 2 aromatic carbocycles. The van der Waals surface area contributed by atoms with Crippen molar-refractivity contribution in [3.05, 3.63) is 77.1 Å². The van der Waals surface area contributed by atoms with E-state index >= 15 is 0 Å². The maximum Gasteiger partial charge on any atom is 0.251 e. The molecule has 0 aliphatic heterocycles. The number of rotatable bonds is 6. The minimum absolute atomic E-state index is 0.136. The molecule has 24 heavy (non-hydrogen) atoms. The zero-order valence-corrected chi connectivity index (χ0v) is 13.4. The normalized spacial score (nSPS) is 10.6. The largest absolute Gasteiger partial charge is 0.355 e. The molecule has 2 amide bonds. The Morgan fingerprint density at radius 1 is 1.12 bits per heavy atom. The van der Waals surface area contributed by atoms with Crippen LogP contribution in [-0.4, -0.2) is 25.4 Å². The van der Waals surface area contributed by atoms with Gasteiger partial charge < -0.3 is 10.6 Å². The topological polar surface area (TPSA) is 58.2 Å². The van der Waals surface area contributed by atoms with Crippen LogP contribution in [0, 0.1) is 5.82 Å². The Labute approximate surface area is 140 Å². The van der Waals surface area contributed by atoms with Crippen LogP contribution < -0.4 is 10.6 Å². The van der Waals surface area contributed by atoms with Gasteiger partial charge in [-0.1, -0.05) is 24.3 Å². The van der Waals surface area contributed by atoms with Crippen molar-refractivity contribution in [1.82, 2.24) is 10.6 Å². The second-order valence-corrected chi connectivity index (χ2v) is 5.21. The van der Waals surface area contributed by atoms with E-state index in [-0.39, 0.29) is 17.6 Å². The summed E-state index contributed by atoms with van der Waals surface area (Å²) in [7, 11) is 1.59. The van der Waals surface area contributed by atoms with Crippen molar-refractivity contribution in [3.63, 3.8) is 0 Å². The van der Waals surface area contributed by atoms with Crippen molar-refractivity contribution in [2.24, 2.45) is 0 Å². The summed E-state index contributed by atoms with van der Waals surface area (Å²) >= 11 is 0. The first-order valence-electron chi connectivity index (χ1n) is 7.61. The minimum Gasteiger partial charge on any atom is -0.355 e. The Morgan fingerprint density at radius 3 is 2.58 bits per heavy atom. The molecule has 5 heteroatoms. The first-order valence-corrected chi connectivity index (χ1v) is 7.61. The average Bonchev–Trinajstić information content (AvgIpc) is 2.61. The highest BCUT2D eigenvalue weighted by molar-refractivity contribution is 5.94. The van der Waals surface area contributed by atoms with Crippen LogP contribution in [0.15, 0.2) is 54.6 Å². The maximum atomic E-state index is 12.8. The molecule has 2 N–H and O–H groups in total. The van der Waals surface area contributed by atoms with Crippen LogP contribution >= 0.6 is 0 Å². The van der Waals surface area contributed by atoms with E-state index in [2.05, 4.69) is 10.6 Å². The van der Waals surface area contributed by atoms with E-state index in [0.717, 1.165) is 11.1 Å². The van der Waals surface area contributed by atoms with Gasteiger partial charge in [0.25, 0.3) is 5.91 Å². The fraction of sp³-hybridized carbons (Fsp3) is 0.158. The van der Waals surface area contributed by atoms with Gasteiger partial charge >= 0.3 is 0 Å². The third-order valence-electron chi connectivity index (χ3n) is 3.43. The first-order chi connectivity index (χ1) is 11.6. The van der Waals surface area contributed by atoms with Gasteiger partial charge in [0.15, 0.2) is 0 Å². The van der Waals surface area contributed by atoms with Gasteiger partial charge in [0.05, 0.1) is 0 Å². The monoisotopic (exact) mass is 326 g/mol. The second-order valence-electron chi connectivity index (χ2n) is 5.21. The van der Waals surface area contributed by atoms with Gasteiger partial charge in [0, 0.05) is 25.2 Å². The minimum atomic E-state index is -0.310. The number of hydrogen-bond donors (Lipinski definition) is 2. The molecule has 0 heterocycles. The smallest absolute Gasteiger partial charge is 0.251 e. The second kappa shape index (κ2) is 8.62. The number of carbonyl (C=O) groups excluding carboxylic acids is 2. The van der Waals surface area contributed by atoms with Gasteiger partial charge in [-0.25, -0.2) is 4.39 Å². The highest BCUT2D eigenvalue weighted by Gasteiger charge is 2.03. The lowest BCUT2D eigenvalue weighted by Crippen LogP contribution is -2.23. The van der Waals surface area contributed by atoms with E-state index in [9.17, 15) is 14.0 Å². The van der Waals surface area contributed by atoms with E-state index in [0.29, 0.717) is 18.5 Å². The molecule has 0 atom stereocenters.